The summed E-state index contributed by atoms with van der Waals surface area (Å²) in [7, 11) is 2.86. The van der Waals surface area contributed by atoms with Gasteiger partial charge in [-0.25, -0.2) is 13.2 Å². The van der Waals surface area contributed by atoms with Gasteiger partial charge in [0.25, 0.3) is 5.91 Å². The lowest BCUT2D eigenvalue weighted by Gasteiger charge is -2.23. The van der Waals surface area contributed by atoms with Crippen molar-refractivity contribution in [2.45, 2.75) is 13.5 Å². The second kappa shape index (κ2) is 7.99. The number of carbonyl (C=O) groups is 1. The normalized spacial score (nSPS) is 10.5. The molecule has 2 aromatic rings. The molecule has 0 aromatic heterocycles. The third kappa shape index (κ3) is 3.84. The second-order valence-corrected chi connectivity index (χ2v) is 5.63. The first-order chi connectivity index (χ1) is 12.3. The number of amides is 1. The number of nitrogens with two attached hydrogens (primary N) is 1. The van der Waals surface area contributed by atoms with Crippen LogP contribution in [0.4, 0.5) is 24.5 Å². The monoisotopic (exact) mass is 367 g/mol. The number of anilines is 2. The van der Waals surface area contributed by atoms with Crippen LogP contribution in [-0.4, -0.2) is 26.6 Å². The molecule has 0 heterocycles. The zero-order valence-electron chi connectivity index (χ0n) is 14.7. The average Bonchev–Trinajstić information content (AvgIpc) is 2.61. The predicted molar refractivity (Wildman–Crippen MR) is 93.8 cm³/mol. The predicted octanol–water partition coefficient (Wildman–Crippen LogP) is 3.08. The van der Waals surface area contributed by atoms with Crippen LogP contribution in [0.5, 0.6) is 5.75 Å². The van der Waals surface area contributed by atoms with E-state index in [2.05, 4.69) is 10.1 Å². The number of nitrogens with one attached hydrogen (secondary N) is 1. The Kier molecular flexibility index (Phi) is 5.97. The molecule has 0 aliphatic rings. The van der Waals surface area contributed by atoms with E-state index in [1.165, 1.54) is 12.1 Å². The lowest BCUT2D eigenvalue weighted by molar-refractivity contribution is 0.0949. The molecular weight excluding hydrogens is 347 g/mol. The molecule has 5 nitrogen and oxygen atoms in total. The molecule has 140 valence electrons. The Morgan fingerprint density at radius 3 is 2.35 bits per heavy atom. The number of rotatable bonds is 6. The minimum absolute atomic E-state index is 0.190. The zero-order chi connectivity index (χ0) is 19.4. The molecule has 0 radical (unpaired) electrons. The Labute approximate surface area is 149 Å². The molecule has 0 bridgehead atoms. The Balaban J connectivity index is 2.27. The number of carbonyl (C=O) groups excluding carboxylic acids is 1. The summed E-state index contributed by atoms with van der Waals surface area (Å²) >= 11 is 0. The van der Waals surface area contributed by atoms with Gasteiger partial charge < -0.3 is 20.7 Å². The van der Waals surface area contributed by atoms with Crippen LogP contribution in [0, 0.1) is 17.5 Å². The van der Waals surface area contributed by atoms with E-state index in [9.17, 15) is 18.0 Å². The van der Waals surface area contributed by atoms with Crippen molar-refractivity contribution in [1.82, 2.24) is 5.32 Å². The smallest absolute Gasteiger partial charge is 0.251 e. The van der Waals surface area contributed by atoms with E-state index in [4.69, 9.17) is 5.73 Å². The SMILES string of the molecule is CCN(C)c1c(N)ccc(F)c1CNC(=O)c1cc(F)c(OC)c(F)c1. The quantitative estimate of drug-likeness (QED) is 0.770. The Morgan fingerprint density at radius 2 is 1.81 bits per heavy atom. The maximum absolute atomic E-state index is 14.2. The van der Waals surface area contributed by atoms with E-state index in [0.717, 1.165) is 19.2 Å². The van der Waals surface area contributed by atoms with Crippen LogP contribution in [0.3, 0.4) is 0 Å². The van der Waals surface area contributed by atoms with E-state index in [0.29, 0.717) is 17.9 Å². The molecule has 0 atom stereocenters. The summed E-state index contributed by atoms with van der Waals surface area (Å²) in [5, 5.41) is 2.46. The van der Waals surface area contributed by atoms with E-state index in [1.54, 1.807) is 11.9 Å². The van der Waals surface area contributed by atoms with Gasteiger partial charge in [-0.1, -0.05) is 0 Å². The number of benzene rings is 2. The largest absolute Gasteiger partial charge is 0.491 e. The van der Waals surface area contributed by atoms with Crippen molar-refractivity contribution in [2.75, 3.05) is 31.3 Å². The molecule has 1 amide bonds. The van der Waals surface area contributed by atoms with Crippen LogP contribution >= 0.6 is 0 Å². The van der Waals surface area contributed by atoms with Crippen molar-refractivity contribution in [3.05, 3.63) is 52.8 Å². The third-order valence-corrected chi connectivity index (χ3v) is 4.00. The van der Waals surface area contributed by atoms with Crippen molar-refractivity contribution in [1.29, 1.82) is 0 Å². The highest BCUT2D eigenvalue weighted by Crippen LogP contribution is 2.29. The minimum Gasteiger partial charge on any atom is -0.491 e. The van der Waals surface area contributed by atoms with E-state index >= 15 is 0 Å². The van der Waals surface area contributed by atoms with Gasteiger partial charge >= 0.3 is 0 Å². The number of nitrogens with zero attached hydrogens (tertiary/aromatic N) is 1. The number of ether oxygens (including phenoxy) is 1. The highest BCUT2D eigenvalue weighted by Gasteiger charge is 2.18. The molecule has 0 saturated carbocycles. The van der Waals surface area contributed by atoms with E-state index in [-0.39, 0.29) is 17.7 Å². The fraction of sp³-hybridized carbons (Fsp3) is 0.278. The molecule has 0 unspecified atom stereocenters. The van der Waals surface area contributed by atoms with Crippen molar-refractivity contribution in [3.8, 4) is 5.75 Å². The highest BCUT2D eigenvalue weighted by atomic mass is 19.1. The summed E-state index contributed by atoms with van der Waals surface area (Å²) in [6.45, 7) is 2.25. The first-order valence-electron chi connectivity index (χ1n) is 7.89. The Hall–Kier alpha value is -2.90. The summed E-state index contributed by atoms with van der Waals surface area (Å²) in [6, 6.07) is 4.35. The maximum atomic E-state index is 14.2. The Bertz CT molecular complexity index is 805. The molecule has 8 heteroatoms. The van der Waals surface area contributed by atoms with Gasteiger partial charge in [-0.2, -0.15) is 0 Å². The van der Waals surface area contributed by atoms with Crippen LogP contribution in [0.25, 0.3) is 0 Å². The Morgan fingerprint density at radius 1 is 1.19 bits per heavy atom. The van der Waals surface area contributed by atoms with Crippen LogP contribution in [0.1, 0.15) is 22.8 Å². The fourth-order valence-electron chi connectivity index (χ4n) is 2.56. The number of hydrogen-bond acceptors (Lipinski definition) is 4. The summed E-state index contributed by atoms with van der Waals surface area (Å²) in [5.41, 5.74) is 6.69. The standard InChI is InChI=1S/C18H20F3N3O2/c1-4-24(2)16-11(12(19)5-6-15(16)22)9-23-18(25)10-7-13(20)17(26-3)14(21)8-10/h5-8H,4,9,22H2,1-3H3,(H,23,25). The van der Waals surface area contributed by atoms with Crippen molar-refractivity contribution >= 4 is 17.3 Å². The molecule has 26 heavy (non-hydrogen) atoms. The summed E-state index contributed by atoms with van der Waals surface area (Å²) in [6.07, 6.45) is 0. The van der Waals surface area contributed by atoms with Gasteiger partial charge in [0.1, 0.15) is 5.82 Å². The lowest BCUT2D eigenvalue weighted by Crippen LogP contribution is -2.27. The summed E-state index contributed by atoms with van der Waals surface area (Å²) in [4.78, 5) is 14.0. The van der Waals surface area contributed by atoms with Crippen molar-refractivity contribution in [3.63, 3.8) is 0 Å². The van der Waals surface area contributed by atoms with Crippen LogP contribution in [0.15, 0.2) is 24.3 Å². The lowest BCUT2D eigenvalue weighted by atomic mass is 10.1. The summed E-state index contributed by atoms with van der Waals surface area (Å²) < 4.78 is 46.3. The molecule has 0 aliphatic carbocycles. The first kappa shape index (κ1) is 19.4. The molecule has 0 fully saturated rings. The van der Waals surface area contributed by atoms with Crippen molar-refractivity contribution in [2.24, 2.45) is 0 Å². The maximum Gasteiger partial charge on any atom is 0.251 e. The van der Waals surface area contributed by atoms with Gasteiger partial charge in [0.05, 0.1) is 18.5 Å². The van der Waals surface area contributed by atoms with Crippen LogP contribution < -0.4 is 20.7 Å². The zero-order valence-corrected chi connectivity index (χ0v) is 14.7. The van der Waals surface area contributed by atoms with Crippen LogP contribution in [0.2, 0.25) is 0 Å². The highest BCUT2D eigenvalue weighted by molar-refractivity contribution is 5.94. The molecule has 3 N–H and O–H groups in total. The number of hydrogen-bond donors (Lipinski definition) is 2. The van der Waals surface area contributed by atoms with Gasteiger partial charge in [0.2, 0.25) is 0 Å². The number of methoxy groups -OCH3 is 1. The van der Waals surface area contributed by atoms with Gasteiger partial charge in [-0.15, -0.1) is 0 Å². The summed E-state index contributed by atoms with van der Waals surface area (Å²) in [5.74, 6) is -3.87. The van der Waals surface area contributed by atoms with E-state index in [1.807, 2.05) is 6.92 Å². The minimum atomic E-state index is -1.00. The average molecular weight is 367 g/mol. The van der Waals surface area contributed by atoms with Gasteiger partial charge in [0, 0.05) is 31.3 Å². The molecular formula is C18H20F3N3O2. The number of nitrogen functional groups attached to an aromatic ring is 1. The topological polar surface area (TPSA) is 67.6 Å². The van der Waals surface area contributed by atoms with Gasteiger partial charge in [-0.3, -0.25) is 4.79 Å². The molecule has 2 aromatic carbocycles. The second-order valence-electron chi connectivity index (χ2n) is 5.63. The molecule has 0 saturated heterocycles. The molecule has 2 rings (SSSR count). The van der Waals surface area contributed by atoms with Gasteiger partial charge in [0.15, 0.2) is 17.4 Å². The third-order valence-electron chi connectivity index (χ3n) is 4.00. The molecule has 0 spiro atoms. The van der Waals surface area contributed by atoms with E-state index < -0.39 is 29.1 Å². The first-order valence-corrected chi connectivity index (χ1v) is 7.89. The fourth-order valence-corrected chi connectivity index (χ4v) is 2.56. The number of halogens is 3. The molecule has 0 aliphatic heterocycles. The van der Waals surface area contributed by atoms with Gasteiger partial charge in [-0.05, 0) is 31.2 Å². The van der Waals surface area contributed by atoms with Crippen molar-refractivity contribution < 1.29 is 22.7 Å². The van der Waals surface area contributed by atoms with Crippen LogP contribution in [-0.2, 0) is 6.54 Å².